The summed E-state index contributed by atoms with van der Waals surface area (Å²) in [5.74, 6) is -1.56. The number of nitro groups is 1. The van der Waals surface area contributed by atoms with E-state index in [1.807, 2.05) is 24.3 Å². The molecule has 2 aromatic carbocycles. The molecule has 0 radical (unpaired) electrons. The van der Waals surface area contributed by atoms with Crippen LogP contribution in [0.2, 0.25) is 0 Å². The summed E-state index contributed by atoms with van der Waals surface area (Å²) < 4.78 is 0.859. The number of nitrogens with zero attached hydrogens (tertiary/aromatic N) is 3. The number of nitro benzene ring substituents is 1. The molecule has 1 heterocycles. The molecule has 25 heavy (non-hydrogen) atoms. The average molecular weight is 354 g/mol. The molecule has 0 saturated heterocycles. The summed E-state index contributed by atoms with van der Waals surface area (Å²) in [5.41, 5.74) is 5.97. The van der Waals surface area contributed by atoms with Gasteiger partial charge in [-0.3, -0.25) is 10.1 Å². The fourth-order valence-corrected chi connectivity index (χ4v) is 3.22. The monoisotopic (exact) mass is 354 g/mol. The second-order valence-corrected chi connectivity index (χ2v) is 6.04. The summed E-state index contributed by atoms with van der Waals surface area (Å²) in [5, 5.41) is 40.1. The average Bonchev–Trinajstić information content (AvgIpc) is 3.01. The molecule has 1 aromatic heterocycles. The Labute approximate surface area is 144 Å². The van der Waals surface area contributed by atoms with Crippen LogP contribution in [0.15, 0.2) is 36.4 Å². The molecule has 0 atom stereocenters. The SMILES string of the molecule is N#C/C(=C(/N)c1cc(O)c(O)c([N+](=O)[O-])c1)c1nc2ccccc2s1. The highest BCUT2D eigenvalue weighted by atomic mass is 32.1. The molecule has 0 unspecified atom stereocenters. The van der Waals surface area contributed by atoms with Crippen molar-refractivity contribution < 1.29 is 15.1 Å². The molecule has 0 fully saturated rings. The van der Waals surface area contributed by atoms with Crippen LogP contribution in [0.3, 0.4) is 0 Å². The van der Waals surface area contributed by atoms with E-state index in [9.17, 15) is 25.6 Å². The van der Waals surface area contributed by atoms with E-state index in [-0.39, 0.29) is 16.8 Å². The molecule has 0 spiro atoms. The third-order valence-corrected chi connectivity index (χ3v) is 4.52. The van der Waals surface area contributed by atoms with Gasteiger partial charge in [0.2, 0.25) is 5.75 Å². The van der Waals surface area contributed by atoms with E-state index < -0.39 is 22.1 Å². The highest BCUT2D eigenvalue weighted by Gasteiger charge is 2.22. The van der Waals surface area contributed by atoms with Gasteiger partial charge in [0, 0.05) is 11.6 Å². The zero-order valence-electron chi connectivity index (χ0n) is 12.5. The number of aromatic nitrogens is 1. The van der Waals surface area contributed by atoms with E-state index in [0.717, 1.165) is 16.8 Å². The van der Waals surface area contributed by atoms with Gasteiger partial charge in [-0.1, -0.05) is 12.1 Å². The lowest BCUT2D eigenvalue weighted by Gasteiger charge is -2.06. The number of fused-ring (bicyclic) bond motifs is 1. The van der Waals surface area contributed by atoms with Gasteiger partial charge in [-0.05, 0) is 18.2 Å². The number of phenolic OH excluding ortho intramolecular Hbond substituents is 2. The molecule has 0 bridgehead atoms. The topological polar surface area (TPSA) is 146 Å². The molecule has 3 aromatic rings. The van der Waals surface area contributed by atoms with Crippen LogP contribution in [0.25, 0.3) is 21.5 Å². The molecule has 0 saturated carbocycles. The zero-order chi connectivity index (χ0) is 18.1. The lowest BCUT2D eigenvalue weighted by molar-refractivity contribution is -0.386. The first kappa shape index (κ1) is 16.2. The van der Waals surface area contributed by atoms with Gasteiger partial charge in [-0.25, -0.2) is 4.98 Å². The molecule has 4 N–H and O–H groups in total. The van der Waals surface area contributed by atoms with Gasteiger partial charge >= 0.3 is 5.69 Å². The van der Waals surface area contributed by atoms with Crippen LogP contribution in [0.5, 0.6) is 11.5 Å². The Morgan fingerprint density at radius 1 is 1.32 bits per heavy atom. The molecule has 8 nitrogen and oxygen atoms in total. The summed E-state index contributed by atoms with van der Waals surface area (Å²) in [6.45, 7) is 0. The molecule has 3 rings (SSSR count). The Morgan fingerprint density at radius 2 is 2.04 bits per heavy atom. The predicted molar refractivity (Wildman–Crippen MR) is 92.7 cm³/mol. The van der Waals surface area contributed by atoms with Gasteiger partial charge in [0.05, 0.1) is 20.8 Å². The third-order valence-electron chi connectivity index (χ3n) is 3.47. The fraction of sp³-hybridized carbons (Fsp3) is 0. The lowest BCUT2D eigenvalue weighted by Crippen LogP contribution is -2.02. The molecule has 9 heteroatoms. The van der Waals surface area contributed by atoms with E-state index in [4.69, 9.17) is 5.73 Å². The Balaban J connectivity index is 2.20. The standard InChI is InChI=1S/C16H10N4O4S/c17-7-9(16-19-10-3-1-2-4-13(10)25-16)14(18)8-5-11(20(23)24)15(22)12(21)6-8/h1-6,21-22H,18H2/b14-9-. The molecule has 0 aliphatic heterocycles. The van der Waals surface area contributed by atoms with Crippen molar-refractivity contribution in [2.45, 2.75) is 0 Å². The Kier molecular flexibility index (Phi) is 3.96. The van der Waals surface area contributed by atoms with Gasteiger partial charge in [0.25, 0.3) is 0 Å². The van der Waals surface area contributed by atoms with Gasteiger partial charge in [0.1, 0.15) is 16.6 Å². The minimum absolute atomic E-state index is 0.0283. The van der Waals surface area contributed by atoms with Crippen LogP contribution in [-0.4, -0.2) is 20.1 Å². The van der Waals surface area contributed by atoms with Crippen LogP contribution in [-0.2, 0) is 0 Å². The first-order chi connectivity index (χ1) is 11.9. The van der Waals surface area contributed by atoms with Crippen molar-refractivity contribution in [1.82, 2.24) is 4.98 Å². The number of para-hydroxylation sites is 1. The summed E-state index contributed by atoms with van der Waals surface area (Å²) >= 11 is 1.25. The number of hydrogen-bond donors (Lipinski definition) is 3. The van der Waals surface area contributed by atoms with E-state index >= 15 is 0 Å². The maximum absolute atomic E-state index is 11.0. The van der Waals surface area contributed by atoms with Crippen molar-refractivity contribution in [2.75, 3.05) is 0 Å². The van der Waals surface area contributed by atoms with Crippen LogP contribution in [0.4, 0.5) is 5.69 Å². The van der Waals surface area contributed by atoms with E-state index in [2.05, 4.69) is 4.98 Å². The quantitative estimate of drug-likeness (QED) is 0.283. The summed E-state index contributed by atoms with van der Waals surface area (Å²) in [6.07, 6.45) is 0. The number of thiazole rings is 1. The second-order valence-electron chi connectivity index (χ2n) is 5.01. The third kappa shape index (κ3) is 2.82. The Morgan fingerprint density at radius 3 is 2.68 bits per heavy atom. The number of nitriles is 1. The number of aromatic hydroxyl groups is 2. The smallest absolute Gasteiger partial charge is 0.315 e. The number of benzene rings is 2. The normalized spacial score (nSPS) is 11.8. The summed E-state index contributed by atoms with van der Waals surface area (Å²) in [4.78, 5) is 14.5. The first-order valence-corrected chi connectivity index (χ1v) is 7.70. The van der Waals surface area contributed by atoms with Crippen molar-refractivity contribution in [3.05, 3.63) is 57.1 Å². The van der Waals surface area contributed by atoms with Gasteiger partial charge in [-0.2, -0.15) is 5.26 Å². The molecular formula is C16H10N4O4S. The minimum atomic E-state index is -0.861. The van der Waals surface area contributed by atoms with Crippen molar-refractivity contribution in [1.29, 1.82) is 5.26 Å². The number of rotatable bonds is 3. The Bertz CT molecular complexity index is 1050. The van der Waals surface area contributed by atoms with Crippen LogP contribution in [0, 0.1) is 21.4 Å². The molecule has 0 aliphatic rings. The van der Waals surface area contributed by atoms with Crippen LogP contribution in [0.1, 0.15) is 10.6 Å². The maximum Gasteiger partial charge on any atom is 0.315 e. The summed E-state index contributed by atoms with van der Waals surface area (Å²) in [6, 6.07) is 11.3. The van der Waals surface area contributed by atoms with Crippen molar-refractivity contribution in [3.63, 3.8) is 0 Å². The second kappa shape index (κ2) is 6.10. The van der Waals surface area contributed by atoms with Crippen molar-refractivity contribution in [3.8, 4) is 17.6 Å². The largest absolute Gasteiger partial charge is 0.504 e. The minimum Gasteiger partial charge on any atom is -0.504 e. The van der Waals surface area contributed by atoms with Gasteiger partial charge in [-0.15, -0.1) is 11.3 Å². The van der Waals surface area contributed by atoms with Crippen molar-refractivity contribution >= 4 is 38.5 Å². The Hall–Kier alpha value is -3.64. The fourth-order valence-electron chi connectivity index (χ4n) is 2.25. The first-order valence-electron chi connectivity index (χ1n) is 6.89. The lowest BCUT2D eigenvalue weighted by atomic mass is 10.1. The van der Waals surface area contributed by atoms with E-state index in [0.29, 0.717) is 10.5 Å². The highest BCUT2D eigenvalue weighted by Crippen LogP contribution is 2.38. The van der Waals surface area contributed by atoms with Crippen LogP contribution >= 0.6 is 11.3 Å². The molecule has 0 amide bonds. The van der Waals surface area contributed by atoms with E-state index in [1.54, 1.807) is 6.07 Å². The highest BCUT2D eigenvalue weighted by molar-refractivity contribution is 7.19. The molecule has 0 aliphatic carbocycles. The van der Waals surface area contributed by atoms with Gasteiger partial charge in [0.15, 0.2) is 5.75 Å². The summed E-state index contributed by atoms with van der Waals surface area (Å²) in [7, 11) is 0. The van der Waals surface area contributed by atoms with Crippen LogP contribution < -0.4 is 5.73 Å². The number of phenols is 2. The maximum atomic E-state index is 11.0. The number of hydrogen-bond acceptors (Lipinski definition) is 8. The molecular weight excluding hydrogens is 344 g/mol. The number of allylic oxidation sites excluding steroid dienone is 1. The van der Waals surface area contributed by atoms with E-state index in [1.165, 1.54) is 11.3 Å². The van der Waals surface area contributed by atoms with Crippen molar-refractivity contribution in [2.24, 2.45) is 5.73 Å². The zero-order valence-corrected chi connectivity index (χ0v) is 13.3. The number of nitrogens with two attached hydrogens (primary N) is 1. The predicted octanol–water partition coefficient (Wildman–Crippen LogP) is 2.97. The molecule has 124 valence electrons. The van der Waals surface area contributed by atoms with Gasteiger partial charge < -0.3 is 15.9 Å².